The van der Waals surface area contributed by atoms with Crippen molar-refractivity contribution in [3.63, 3.8) is 0 Å². The van der Waals surface area contributed by atoms with Gasteiger partial charge in [0.1, 0.15) is 28.9 Å². The highest BCUT2D eigenvalue weighted by molar-refractivity contribution is 7.10. The Bertz CT molecular complexity index is 1260. The highest BCUT2D eigenvalue weighted by atomic mass is 32.1. The molecule has 4 aromatic rings. The number of aromatic nitrogens is 8. The number of carbonyl (C=O) groups excluding carboxylic acids is 1. The molecule has 15 nitrogen and oxygen atoms in total. The lowest BCUT2D eigenvalue weighted by Crippen LogP contribution is -2.17. The maximum Gasteiger partial charge on any atom is 0.410 e. The number of hydrogen-bond donors (Lipinski definition) is 0. The zero-order valence-electron chi connectivity index (χ0n) is 17.7. The second-order valence-corrected chi connectivity index (χ2v) is 9.04. The number of hydrogen-bond acceptors (Lipinski definition) is 13. The lowest BCUT2D eigenvalue weighted by atomic mass is 9.92. The Labute approximate surface area is 198 Å². The highest BCUT2D eigenvalue weighted by Crippen LogP contribution is 2.28. The highest BCUT2D eigenvalue weighted by Gasteiger charge is 2.27. The van der Waals surface area contributed by atoms with E-state index in [4.69, 9.17) is 0 Å². The van der Waals surface area contributed by atoms with Crippen LogP contribution in [0.15, 0.2) is 23.2 Å². The number of rotatable bonds is 10. The van der Waals surface area contributed by atoms with Crippen LogP contribution in [0.3, 0.4) is 0 Å². The van der Waals surface area contributed by atoms with Gasteiger partial charge in [0.15, 0.2) is 12.4 Å². The Hall–Kier alpha value is -3.99. The van der Waals surface area contributed by atoms with Gasteiger partial charge < -0.3 is 20.2 Å². The van der Waals surface area contributed by atoms with Gasteiger partial charge in [0.25, 0.3) is 0 Å². The van der Waals surface area contributed by atoms with Gasteiger partial charge in [-0.15, -0.1) is 32.9 Å². The van der Waals surface area contributed by atoms with Crippen molar-refractivity contribution in [1.82, 2.24) is 40.0 Å². The van der Waals surface area contributed by atoms with Crippen molar-refractivity contribution in [2.75, 3.05) is 0 Å². The van der Waals surface area contributed by atoms with Gasteiger partial charge in [-0.3, -0.25) is 4.79 Å². The summed E-state index contributed by atoms with van der Waals surface area (Å²) in [6.45, 7) is 3.83. The first-order valence-corrected chi connectivity index (χ1v) is 11.5. The molecule has 0 radical (unpaired) electrons. The average molecular weight is 505 g/mol. The molecule has 0 aliphatic carbocycles. The quantitative estimate of drug-likeness (QED) is 0.227. The normalized spacial score (nSPS) is 13.0. The standard InChI is InChI=1S/C17H16N10O5S2/c1-9(11-7-33-15(20-11)5-24-18-3-13(22-24)26(29)30)17(28)10(2)12-8-34-16(21-12)6-25-19-4-14(23-25)27(31)32/h3-4,7-10H,5-6H2,1-2H3. The summed E-state index contributed by atoms with van der Waals surface area (Å²) >= 11 is 2.62. The summed E-state index contributed by atoms with van der Waals surface area (Å²) in [5.74, 6) is -1.77. The fourth-order valence-corrected chi connectivity index (χ4v) is 4.72. The smallest absolute Gasteiger partial charge is 0.358 e. The number of thiazole rings is 2. The Morgan fingerprint density at radius 2 is 1.29 bits per heavy atom. The van der Waals surface area contributed by atoms with Gasteiger partial charge in [0.05, 0.1) is 33.4 Å². The molecule has 0 fully saturated rings. The predicted octanol–water partition coefficient (Wildman–Crippen LogP) is 2.17. The first-order chi connectivity index (χ1) is 16.2. The van der Waals surface area contributed by atoms with E-state index < -0.39 is 21.7 Å². The molecule has 0 saturated carbocycles. The minimum Gasteiger partial charge on any atom is -0.358 e. The summed E-state index contributed by atoms with van der Waals surface area (Å²) in [5.41, 5.74) is 1.17. The Morgan fingerprint density at radius 1 is 0.882 bits per heavy atom. The van der Waals surface area contributed by atoms with Crippen LogP contribution < -0.4 is 0 Å². The van der Waals surface area contributed by atoms with E-state index in [1.807, 2.05) is 0 Å². The second-order valence-electron chi connectivity index (χ2n) is 7.16. The molecule has 0 aromatic carbocycles. The summed E-state index contributed by atoms with van der Waals surface area (Å²) in [4.78, 5) is 44.6. The SMILES string of the molecule is CC(C(=O)C(C)c1csc(Cn2ncc([N+](=O)[O-])n2)n1)c1csc(Cn2ncc([N+](=O)[O-])n2)n1. The van der Waals surface area contributed by atoms with Crippen molar-refractivity contribution >= 4 is 40.1 Å². The molecule has 0 amide bonds. The number of carbonyl (C=O) groups is 1. The third-order valence-corrected chi connectivity index (χ3v) is 6.56. The molecule has 0 spiro atoms. The summed E-state index contributed by atoms with van der Waals surface area (Å²) < 4.78 is 0. The molecule has 4 rings (SSSR count). The molecular weight excluding hydrogens is 488 g/mol. The fraction of sp³-hybridized carbons (Fsp3) is 0.353. The van der Waals surface area contributed by atoms with Crippen LogP contribution in [0.4, 0.5) is 11.6 Å². The van der Waals surface area contributed by atoms with Gasteiger partial charge in [-0.2, -0.15) is 0 Å². The van der Waals surface area contributed by atoms with Gasteiger partial charge in [0.2, 0.25) is 0 Å². The molecule has 0 aliphatic heterocycles. The van der Waals surface area contributed by atoms with Crippen molar-refractivity contribution < 1.29 is 14.6 Å². The van der Waals surface area contributed by atoms with Crippen LogP contribution >= 0.6 is 22.7 Å². The maximum absolute atomic E-state index is 13.1. The van der Waals surface area contributed by atoms with Crippen molar-refractivity contribution in [2.45, 2.75) is 38.8 Å². The number of Topliss-reactive ketones (excluding diaryl/α,β-unsaturated/α-hetero) is 1. The molecule has 4 heterocycles. The van der Waals surface area contributed by atoms with Crippen LogP contribution in [0.2, 0.25) is 0 Å². The maximum atomic E-state index is 13.1. The Balaban J connectivity index is 1.39. The summed E-state index contributed by atoms with van der Waals surface area (Å²) in [5, 5.41) is 41.5. The number of nitro groups is 2. The summed E-state index contributed by atoms with van der Waals surface area (Å²) in [7, 11) is 0. The first kappa shape index (κ1) is 23.2. The minimum absolute atomic E-state index is 0.0746. The van der Waals surface area contributed by atoms with Crippen LogP contribution in [0.25, 0.3) is 0 Å². The van der Waals surface area contributed by atoms with Crippen molar-refractivity contribution in [3.8, 4) is 0 Å². The predicted molar refractivity (Wildman–Crippen MR) is 118 cm³/mol. The molecule has 176 valence electrons. The fourth-order valence-electron chi connectivity index (χ4n) is 3.00. The third-order valence-electron chi connectivity index (χ3n) is 4.86. The molecule has 2 unspecified atom stereocenters. The lowest BCUT2D eigenvalue weighted by molar-refractivity contribution is -0.390. The summed E-state index contributed by atoms with van der Waals surface area (Å²) in [6, 6.07) is 0. The third kappa shape index (κ3) is 4.99. The van der Waals surface area contributed by atoms with Crippen LogP contribution in [0.5, 0.6) is 0 Å². The number of nitrogens with zero attached hydrogens (tertiary/aromatic N) is 10. The Kier molecular flexibility index (Phi) is 6.46. The van der Waals surface area contributed by atoms with Crippen LogP contribution in [-0.4, -0.2) is 55.6 Å². The molecule has 0 aliphatic rings. The largest absolute Gasteiger partial charge is 0.410 e. The monoisotopic (exact) mass is 504 g/mol. The molecule has 4 aromatic heterocycles. The minimum atomic E-state index is -0.627. The van der Waals surface area contributed by atoms with E-state index in [0.29, 0.717) is 21.4 Å². The van der Waals surface area contributed by atoms with Gasteiger partial charge >= 0.3 is 11.6 Å². The summed E-state index contributed by atoms with van der Waals surface area (Å²) in [6.07, 6.45) is 2.13. The molecule has 34 heavy (non-hydrogen) atoms. The van der Waals surface area contributed by atoms with E-state index >= 15 is 0 Å². The molecule has 17 heteroatoms. The van der Waals surface area contributed by atoms with Crippen LogP contribution in [-0.2, 0) is 17.9 Å². The van der Waals surface area contributed by atoms with Gasteiger partial charge in [-0.05, 0) is 23.7 Å². The van der Waals surface area contributed by atoms with E-state index in [0.717, 1.165) is 12.4 Å². The zero-order chi connectivity index (χ0) is 24.4. The van der Waals surface area contributed by atoms with Gasteiger partial charge in [-0.1, -0.05) is 9.59 Å². The van der Waals surface area contributed by atoms with Crippen molar-refractivity contribution in [2.24, 2.45) is 0 Å². The topological polar surface area (TPSA) is 191 Å². The van der Waals surface area contributed by atoms with E-state index in [1.54, 1.807) is 24.6 Å². The molecule has 0 bridgehead atoms. The van der Waals surface area contributed by atoms with Gasteiger partial charge in [0, 0.05) is 10.8 Å². The molecule has 2 atom stereocenters. The van der Waals surface area contributed by atoms with E-state index in [2.05, 4.69) is 30.4 Å². The molecular formula is C17H16N10O5S2. The van der Waals surface area contributed by atoms with Gasteiger partial charge in [-0.25, -0.2) is 9.97 Å². The van der Waals surface area contributed by atoms with E-state index in [9.17, 15) is 25.0 Å². The Morgan fingerprint density at radius 3 is 1.65 bits per heavy atom. The average Bonchev–Trinajstić information content (AvgIpc) is 3.59. The number of ketones is 1. The van der Waals surface area contributed by atoms with Crippen LogP contribution in [0, 0.1) is 20.2 Å². The zero-order valence-corrected chi connectivity index (χ0v) is 19.3. The van der Waals surface area contributed by atoms with E-state index in [1.165, 1.54) is 32.3 Å². The van der Waals surface area contributed by atoms with Crippen molar-refractivity contribution in [1.29, 1.82) is 0 Å². The molecule has 0 saturated heterocycles. The first-order valence-electron chi connectivity index (χ1n) is 9.72. The van der Waals surface area contributed by atoms with Crippen LogP contribution in [0.1, 0.15) is 47.1 Å². The second kappa shape index (κ2) is 9.48. The van der Waals surface area contributed by atoms with E-state index in [-0.39, 0.29) is 30.5 Å². The van der Waals surface area contributed by atoms with Crippen molar-refractivity contribution in [3.05, 3.63) is 64.8 Å². The lowest BCUT2D eigenvalue weighted by Gasteiger charge is -2.13. The molecule has 0 N–H and O–H groups in total.